The maximum atomic E-state index is 13.1. The van der Waals surface area contributed by atoms with Crippen molar-refractivity contribution in [1.82, 2.24) is 15.2 Å². The minimum atomic E-state index is -0.380. The summed E-state index contributed by atoms with van der Waals surface area (Å²) in [5.74, 6) is -0.758. The van der Waals surface area contributed by atoms with Gasteiger partial charge in [0.1, 0.15) is 17.2 Å². The van der Waals surface area contributed by atoms with Crippen molar-refractivity contribution in [3.05, 3.63) is 59.7 Å². The van der Waals surface area contributed by atoms with Crippen molar-refractivity contribution in [2.75, 3.05) is 31.1 Å². The predicted octanol–water partition coefficient (Wildman–Crippen LogP) is 2.71. The summed E-state index contributed by atoms with van der Waals surface area (Å²) in [5.41, 5.74) is 1.05. The molecule has 0 radical (unpaired) electrons. The molecular formula is C21H25FN4O2. The van der Waals surface area contributed by atoms with Crippen LogP contribution in [0.15, 0.2) is 42.5 Å². The standard InChI is InChI=1S/C21H25FN4O2/c1-21(2,3)24-19(27)17-5-4-6-18(23-17)20(28)26-13-11-25(12-14-26)16-9-7-15(22)8-10-16/h4-10H,11-14H2,1-3H3,(H,24,27). The molecule has 0 saturated carbocycles. The third-order valence-corrected chi connectivity index (χ3v) is 4.45. The molecule has 2 heterocycles. The van der Waals surface area contributed by atoms with Gasteiger partial charge in [-0.05, 0) is 57.2 Å². The number of carbonyl (C=O) groups is 2. The first-order valence-corrected chi connectivity index (χ1v) is 9.32. The highest BCUT2D eigenvalue weighted by Crippen LogP contribution is 2.18. The number of rotatable bonds is 3. The summed E-state index contributed by atoms with van der Waals surface area (Å²) in [4.78, 5) is 33.2. The molecule has 0 atom stereocenters. The fraction of sp³-hybridized carbons (Fsp3) is 0.381. The van der Waals surface area contributed by atoms with E-state index in [2.05, 4.69) is 15.2 Å². The minimum Gasteiger partial charge on any atom is -0.368 e. The molecule has 1 N–H and O–H groups in total. The number of piperazine rings is 1. The van der Waals surface area contributed by atoms with Gasteiger partial charge in [-0.3, -0.25) is 9.59 Å². The van der Waals surface area contributed by atoms with E-state index in [0.29, 0.717) is 26.2 Å². The van der Waals surface area contributed by atoms with Crippen LogP contribution in [0.25, 0.3) is 0 Å². The second kappa shape index (κ2) is 7.96. The van der Waals surface area contributed by atoms with Crippen LogP contribution in [0.5, 0.6) is 0 Å². The number of amides is 2. The van der Waals surface area contributed by atoms with E-state index in [1.807, 2.05) is 20.8 Å². The first kappa shape index (κ1) is 19.8. The zero-order valence-electron chi connectivity index (χ0n) is 16.4. The Morgan fingerprint density at radius 1 is 0.964 bits per heavy atom. The van der Waals surface area contributed by atoms with Crippen molar-refractivity contribution in [3.8, 4) is 0 Å². The predicted molar refractivity (Wildman–Crippen MR) is 106 cm³/mol. The molecule has 1 aromatic carbocycles. The number of aromatic nitrogens is 1. The summed E-state index contributed by atoms with van der Waals surface area (Å²) >= 11 is 0. The van der Waals surface area contributed by atoms with E-state index in [4.69, 9.17) is 0 Å². The van der Waals surface area contributed by atoms with Crippen LogP contribution in [-0.2, 0) is 0 Å². The molecule has 0 bridgehead atoms. The van der Waals surface area contributed by atoms with Gasteiger partial charge in [0.25, 0.3) is 11.8 Å². The quantitative estimate of drug-likeness (QED) is 0.884. The summed E-state index contributed by atoms with van der Waals surface area (Å²) in [6, 6.07) is 11.3. The minimum absolute atomic E-state index is 0.191. The number of nitrogens with zero attached hydrogens (tertiary/aromatic N) is 3. The van der Waals surface area contributed by atoms with E-state index in [9.17, 15) is 14.0 Å². The molecule has 28 heavy (non-hydrogen) atoms. The number of hydrogen-bond acceptors (Lipinski definition) is 4. The first-order chi connectivity index (χ1) is 13.2. The van der Waals surface area contributed by atoms with E-state index in [0.717, 1.165) is 5.69 Å². The van der Waals surface area contributed by atoms with Gasteiger partial charge in [0, 0.05) is 37.4 Å². The lowest BCUT2D eigenvalue weighted by molar-refractivity contribution is 0.0740. The van der Waals surface area contributed by atoms with Gasteiger partial charge < -0.3 is 15.1 Å². The monoisotopic (exact) mass is 384 g/mol. The largest absolute Gasteiger partial charge is 0.368 e. The summed E-state index contributed by atoms with van der Waals surface area (Å²) in [6.07, 6.45) is 0. The van der Waals surface area contributed by atoms with Crippen molar-refractivity contribution in [2.45, 2.75) is 26.3 Å². The number of benzene rings is 1. The Hall–Kier alpha value is -2.96. The number of carbonyl (C=O) groups excluding carboxylic acids is 2. The molecule has 0 aliphatic carbocycles. The van der Waals surface area contributed by atoms with Crippen molar-refractivity contribution in [1.29, 1.82) is 0 Å². The molecule has 1 aliphatic rings. The molecule has 6 nitrogen and oxygen atoms in total. The fourth-order valence-corrected chi connectivity index (χ4v) is 3.07. The molecular weight excluding hydrogens is 359 g/mol. The van der Waals surface area contributed by atoms with Crippen LogP contribution in [-0.4, -0.2) is 53.4 Å². The first-order valence-electron chi connectivity index (χ1n) is 9.32. The average molecular weight is 384 g/mol. The molecule has 2 aromatic rings. The maximum absolute atomic E-state index is 13.1. The SMILES string of the molecule is CC(C)(C)NC(=O)c1cccc(C(=O)N2CCN(c3ccc(F)cc3)CC2)n1. The van der Waals surface area contributed by atoms with Gasteiger partial charge in [0.2, 0.25) is 0 Å². The summed E-state index contributed by atoms with van der Waals surface area (Å²) in [6.45, 7) is 8.05. The molecule has 0 spiro atoms. The average Bonchev–Trinajstić information content (AvgIpc) is 2.67. The molecule has 0 unspecified atom stereocenters. The molecule has 1 fully saturated rings. The van der Waals surface area contributed by atoms with E-state index in [-0.39, 0.29) is 34.6 Å². The molecule has 1 aromatic heterocycles. The number of pyridine rings is 1. The van der Waals surface area contributed by atoms with Crippen LogP contribution >= 0.6 is 0 Å². The van der Waals surface area contributed by atoms with E-state index in [1.54, 1.807) is 35.2 Å². The number of hydrogen-bond donors (Lipinski definition) is 1. The zero-order chi connectivity index (χ0) is 20.3. The van der Waals surface area contributed by atoms with Crippen molar-refractivity contribution in [2.24, 2.45) is 0 Å². The smallest absolute Gasteiger partial charge is 0.272 e. The van der Waals surface area contributed by atoms with Crippen LogP contribution in [0.2, 0.25) is 0 Å². The van der Waals surface area contributed by atoms with Crippen LogP contribution < -0.4 is 10.2 Å². The Labute approximate surface area is 164 Å². The van der Waals surface area contributed by atoms with Gasteiger partial charge in [0.15, 0.2) is 0 Å². The van der Waals surface area contributed by atoms with E-state index < -0.39 is 0 Å². The summed E-state index contributed by atoms with van der Waals surface area (Å²) < 4.78 is 13.1. The molecule has 148 valence electrons. The Balaban J connectivity index is 1.64. The lowest BCUT2D eigenvalue weighted by Gasteiger charge is -2.36. The number of halogens is 1. The fourth-order valence-electron chi connectivity index (χ4n) is 3.07. The van der Waals surface area contributed by atoms with Crippen molar-refractivity contribution in [3.63, 3.8) is 0 Å². The van der Waals surface area contributed by atoms with E-state index >= 15 is 0 Å². The molecule has 2 amide bonds. The Kier molecular flexibility index (Phi) is 5.63. The van der Waals surface area contributed by atoms with Crippen LogP contribution in [0, 0.1) is 5.82 Å². The van der Waals surface area contributed by atoms with Crippen molar-refractivity contribution >= 4 is 17.5 Å². The lowest BCUT2D eigenvalue weighted by Crippen LogP contribution is -2.49. The summed E-state index contributed by atoms with van der Waals surface area (Å²) in [7, 11) is 0. The molecule has 1 aliphatic heterocycles. The number of nitrogens with one attached hydrogen (secondary N) is 1. The Morgan fingerprint density at radius 3 is 2.18 bits per heavy atom. The zero-order valence-corrected chi connectivity index (χ0v) is 16.4. The topological polar surface area (TPSA) is 65.5 Å². The third-order valence-electron chi connectivity index (χ3n) is 4.45. The maximum Gasteiger partial charge on any atom is 0.272 e. The normalized spacial score (nSPS) is 14.7. The highest BCUT2D eigenvalue weighted by molar-refractivity contribution is 5.96. The van der Waals surface area contributed by atoms with Crippen LogP contribution in [0.4, 0.5) is 10.1 Å². The highest BCUT2D eigenvalue weighted by Gasteiger charge is 2.24. The van der Waals surface area contributed by atoms with Gasteiger partial charge in [-0.15, -0.1) is 0 Å². The van der Waals surface area contributed by atoms with Crippen LogP contribution in [0.1, 0.15) is 41.7 Å². The van der Waals surface area contributed by atoms with Gasteiger partial charge >= 0.3 is 0 Å². The van der Waals surface area contributed by atoms with Crippen molar-refractivity contribution < 1.29 is 14.0 Å². The lowest BCUT2D eigenvalue weighted by atomic mass is 10.1. The third kappa shape index (κ3) is 4.85. The Morgan fingerprint density at radius 2 is 1.57 bits per heavy atom. The number of anilines is 1. The highest BCUT2D eigenvalue weighted by atomic mass is 19.1. The summed E-state index contributed by atoms with van der Waals surface area (Å²) in [5, 5.41) is 2.85. The Bertz CT molecular complexity index is 853. The second-order valence-corrected chi connectivity index (χ2v) is 7.87. The van der Waals surface area contributed by atoms with Gasteiger partial charge in [0.05, 0.1) is 0 Å². The van der Waals surface area contributed by atoms with Gasteiger partial charge in [-0.1, -0.05) is 6.07 Å². The van der Waals surface area contributed by atoms with Gasteiger partial charge in [-0.25, -0.2) is 9.37 Å². The molecule has 7 heteroatoms. The molecule has 1 saturated heterocycles. The van der Waals surface area contributed by atoms with Gasteiger partial charge in [-0.2, -0.15) is 0 Å². The molecule has 3 rings (SSSR count). The second-order valence-electron chi connectivity index (χ2n) is 7.87. The van der Waals surface area contributed by atoms with E-state index in [1.165, 1.54) is 12.1 Å². The van der Waals surface area contributed by atoms with Crippen LogP contribution in [0.3, 0.4) is 0 Å².